The van der Waals surface area contributed by atoms with Crippen molar-refractivity contribution in [3.63, 3.8) is 0 Å². The molecule has 0 saturated carbocycles. The fraction of sp³-hybridized carbons (Fsp3) is 0. The van der Waals surface area contributed by atoms with Crippen molar-refractivity contribution in [2.45, 2.75) is 0 Å². The number of hydrogen-bond acceptors (Lipinski definition) is 1. The molecule has 0 amide bonds. The summed E-state index contributed by atoms with van der Waals surface area (Å²) >= 11 is 0. The van der Waals surface area contributed by atoms with Crippen molar-refractivity contribution in [2.24, 2.45) is 0 Å². The Morgan fingerprint density at radius 3 is 1.94 bits per heavy atom. The minimum absolute atomic E-state index is 0.927. The van der Waals surface area contributed by atoms with E-state index in [1.807, 2.05) is 6.07 Å². The van der Waals surface area contributed by atoms with Crippen molar-refractivity contribution in [2.75, 3.05) is 0 Å². The fourth-order valence-electron chi connectivity index (χ4n) is 5.75. The van der Waals surface area contributed by atoms with Gasteiger partial charge in [-0.3, -0.25) is 4.57 Å². The van der Waals surface area contributed by atoms with E-state index in [0.29, 0.717) is 0 Å². The summed E-state index contributed by atoms with van der Waals surface area (Å²) in [6, 6.07) is 43.0. The third kappa shape index (κ3) is 2.65. The third-order valence-electron chi connectivity index (χ3n) is 7.30. The third-order valence-corrected chi connectivity index (χ3v) is 7.30. The highest BCUT2D eigenvalue weighted by Gasteiger charge is 2.20. The number of aromatic nitrogens is 3. The van der Waals surface area contributed by atoms with E-state index < -0.39 is 0 Å². The molecule has 4 aromatic carbocycles. The van der Waals surface area contributed by atoms with Crippen molar-refractivity contribution < 1.29 is 0 Å². The van der Waals surface area contributed by atoms with Gasteiger partial charge in [0, 0.05) is 27.9 Å². The van der Waals surface area contributed by atoms with E-state index in [4.69, 9.17) is 4.98 Å². The molecule has 8 aromatic rings. The lowest BCUT2D eigenvalue weighted by atomic mass is 10.0. The molecule has 0 spiro atoms. The van der Waals surface area contributed by atoms with E-state index in [-0.39, 0.29) is 0 Å². The summed E-state index contributed by atoms with van der Waals surface area (Å²) in [5.41, 5.74) is 9.22. The van der Waals surface area contributed by atoms with Gasteiger partial charge in [-0.15, -0.1) is 0 Å². The first-order valence-corrected chi connectivity index (χ1v) is 12.2. The number of nitrogens with zero attached hydrogens (tertiary/aromatic N) is 3. The van der Waals surface area contributed by atoms with E-state index in [0.717, 1.165) is 22.6 Å². The van der Waals surface area contributed by atoms with Gasteiger partial charge in [0.05, 0.1) is 27.8 Å². The second-order valence-corrected chi connectivity index (χ2v) is 9.30. The predicted molar refractivity (Wildman–Crippen MR) is 149 cm³/mol. The highest BCUT2D eigenvalue weighted by molar-refractivity contribution is 6.26. The molecule has 0 saturated heterocycles. The molecule has 4 heterocycles. The van der Waals surface area contributed by atoms with Crippen LogP contribution in [0.3, 0.4) is 0 Å². The van der Waals surface area contributed by atoms with Gasteiger partial charge in [0.2, 0.25) is 0 Å². The molecular formula is C33H21N3. The molecule has 0 bridgehead atoms. The summed E-state index contributed by atoms with van der Waals surface area (Å²) in [6.45, 7) is 0. The molecular weight excluding hydrogens is 438 g/mol. The Labute approximate surface area is 207 Å². The molecule has 0 aliphatic rings. The molecule has 3 heteroatoms. The van der Waals surface area contributed by atoms with Gasteiger partial charge in [-0.2, -0.15) is 0 Å². The van der Waals surface area contributed by atoms with E-state index in [9.17, 15) is 0 Å². The van der Waals surface area contributed by atoms with Crippen LogP contribution >= 0.6 is 0 Å². The molecule has 0 atom stereocenters. The average Bonchev–Trinajstić information content (AvgIpc) is 3.58. The van der Waals surface area contributed by atoms with E-state index in [1.165, 1.54) is 43.8 Å². The van der Waals surface area contributed by atoms with Crippen LogP contribution in [-0.4, -0.2) is 14.0 Å². The quantitative estimate of drug-likeness (QED) is 0.243. The van der Waals surface area contributed by atoms with Crippen molar-refractivity contribution >= 4 is 38.2 Å². The Morgan fingerprint density at radius 1 is 0.472 bits per heavy atom. The maximum absolute atomic E-state index is 5.24. The topological polar surface area (TPSA) is 22.2 Å². The Kier molecular flexibility index (Phi) is 3.94. The Balaban J connectivity index is 1.52. The number of fused-ring (bicyclic) bond motifs is 3. The smallest absolute Gasteiger partial charge is 0.138 e. The number of rotatable bonds is 3. The molecule has 8 rings (SSSR count). The molecule has 0 radical (unpaired) electrons. The Hall–Kier alpha value is -4.89. The lowest BCUT2D eigenvalue weighted by Crippen LogP contribution is -2.00. The van der Waals surface area contributed by atoms with Crippen molar-refractivity contribution in [3.05, 3.63) is 128 Å². The van der Waals surface area contributed by atoms with Gasteiger partial charge >= 0.3 is 0 Å². The largest absolute Gasteiger partial charge is 0.316 e. The van der Waals surface area contributed by atoms with Gasteiger partial charge < -0.3 is 4.40 Å². The van der Waals surface area contributed by atoms with E-state index >= 15 is 0 Å². The zero-order valence-electron chi connectivity index (χ0n) is 19.5. The van der Waals surface area contributed by atoms with Gasteiger partial charge in [-0.25, -0.2) is 4.98 Å². The summed E-state index contributed by atoms with van der Waals surface area (Å²) in [5, 5.41) is 3.84. The monoisotopic (exact) mass is 459 g/mol. The molecule has 36 heavy (non-hydrogen) atoms. The van der Waals surface area contributed by atoms with Gasteiger partial charge in [0.1, 0.15) is 5.82 Å². The van der Waals surface area contributed by atoms with Gasteiger partial charge in [-0.1, -0.05) is 78.9 Å². The number of hydrogen-bond donors (Lipinski definition) is 0. The second-order valence-electron chi connectivity index (χ2n) is 9.30. The average molecular weight is 460 g/mol. The van der Waals surface area contributed by atoms with E-state index in [2.05, 4.69) is 130 Å². The first-order chi connectivity index (χ1) is 17.9. The normalized spacial score (nSPS) is 11.9. The maximum Gasteiger partial charge on any atom is 0.138 e. The zero-order chi connectivity index (χ0) is 23.6. The Bertz CT molecular complexity index is 1890. The summed E-state index contributed by atoms with van der Waals surface area (Å²) < 4.78 is 4.64. The zero-order valence-corrected chi connectivity index (χ0v) is 19.5. The van der Waals surface area contributed by atoms with Gasteiger partial charge in [0.25, 0.3) is 0 Å². The summed E-state index contributed by atoms with van der Waals surface area (Å²) in [5.74, 6) is 0.927. The molecule has 4 aromatic heterocycles. The minimum atomic E-state index is 0.927. The van der Waals surface area contributed by atoms with Crippen molar-refractivity contribution in [1.29, 1.82) is 0 Å². The molecule has 0 fully saturated rings. The van der Waals surface area contributed by atoms with Gasteiger partial charge in [0.15, 0.2) is 0 Å². The maximum atomic E-state index is 5.24. The van der Waals surface area contributed by atoms with Crippen LogP contribution < -0.4 is 0 Å². The first-order valence-electron chi connectivity index (χ1n) is 12.2. The van der Waals surface area contributed by atoms with Crippen molar-refractivity contribution in [3.8, 4) is 28.2 Å². The first kappa shape index (κ1) is 19.4. The van der Waals surface area contributed by atoms with Crippen LogP contribution in [0.15, 0.2) is 128 Å². The lowest BCUT2D eigenvalue weighted by Gasteiger charge is -2.13. The second kappa shape index (κ2) is 7.30. The number of benzene rings is 4. The standard InChI is InChI=1S/C33H21N3/c1-3-10-22(11-4-1)24-20-26(23-12-5-2-6-13-23)34-31(21-24)36-29-16-7-14-25-27-18-9-19-35(27)28-15-8-17-30(36)33(28)32(25)29/h1-21H. The lowest BCUT2D eigenvalue weighted by molar-refractivity contribution is 1.08. The highest BCUT2D eigenvalue weighted by atomic mass is 15.1. The van der Waals surface area contributed by atoms with Gasteiger partial charge in [-0.05, 0) is 53.6 Å². The number of pyridine rings is 2. The summed E-state index contributed by atoms with van der Waals surface area (Å²) in [7, 11) is 0. The molecule has 0 aliphatic heterocycles. The molecule has 3 nitrogen and oxygen atoms in total. The van der Waals surface area contributed by atoms with Crippen LogP contribution in [0.1, 0.15) is 0 Å². The van der Waals surface area contributed by atoms with Crippen LogP contribution in [0.5, 0.6) is 0 Å². The highest BCUT2D eigenvalue weighted by Crippen LogP contribution is 2.41. The molecule has 0 aliphatic carbocycles. The predicted octanol–water partition coefficient (Wildman–Crippen LogP) is 8.36. The fourth-order valence-corrected chi connectivity index (χ4v) is 5.75. The van der Waals surface area contributed by atoms with Crippen LogP contribution in [0.2, 0.25) is 0 Å². The van der Waals surface area contributed by atoms with Crippen LogP contribution in [0.4, 0.5) is 0 Å². The van der Waals surface area contributed by atoms with Crippen LogP contribution in [0.25, 0.3) is 66.4 Å². The van der Waals surface area contributed by atoms with Crippen LogP contribution in [-0.2, 0) is 0 Å². The summed E-state index contributed by atoms with van der Waals surface area (Å²) in [6.07, 6.45) is 2.16. The molecule has 0 N–H and O–H groups in total. The van der Waals surface area contributed by atoms with Crippen molar-refractivity contribution in [1.82, 2.24) is 14.0 Å². The molecule has 168 valence electrons. The molecule has 0 unspecified atom stereocenters. The van der Waals surface area contributed by atoms with E-state index in [1.54, 1.807) is 0 Å². The minimum Gasteiger partial charge on any atom is -0.316 e. The Morgan fingerprint density at radius 2 is 1.14 bits per heavy atom. The van der Waals surface area contributed by atoms with Crippen LogP contribution in [0, 0.1) is 0 Å². The summed E-state index contributed by atoms with van der Waals surface area (Å²) in [4.78, 5) is 5.24. The SMILES string of the molecule is c1ccc(-c2cc(-c3ccccc3)nc(-n3c4cccc5c4c4c3cccc4n3cccc53)c2)cc1.